The van der Waals surface area contributed by atoms with Crippen molar-refractivity contribution < 1.29 is 14.7 Å². The Balaban J connectivity index is 1.76. The molecule has 1 heterocycles. The van der Waals surface area contributed by atoms with Crippen LogP contribution in [0.3, 0.4) is 0 Å². The number of aromatic nitrogens is 2. The third-order valence-corrected chi connectivity index (χ3v) is 4.21. The van der Waals surface area contributed by atoms with Crippen molar-refractivity contribution in [3.05, 3.63) is 29.9 Å². The van der Waals surface area contributed by atoms with E-state index in [2.05, 4.69) is 15.3 Å². The number of carbonyl (C=O) groups is 2. The largest absolute Gasteiger partial charge is 0.477 e. The summed E-state index contributed by atoms with van der Waals surface area (Å²) in [5.74, 6) is -0.450. The second-order valence-electron chi connectivity index (χ2n) is 5.52. The second-order valence-corrected chi connectivity index (χ2v) is 5.52. The number of imidazole rings is 1. The lowest BCUT2D eigenvalue weighted by molar-refractivity contribution is -0.128. The maximum Gasteiger partial charge on any atom is 0.353 e. The van der Waals surface area contributed by atoms with Crippen LogP contribution in [-0.2, 0) is 10.3 Å². The predicted molar refractivity (Wildman–Crippen MR) is 71.1 cm³/mol. The van der Waals surface area contributed by atoms with E-state index < -0.39 is 11.5 Å². The first-order valence-electron chi connectivity index (χ1n) is 6.86. The van der Waals surface area contributed by atoms with Crippen LogP contribution in [0.4, 0.5) is 0 Å². The molecule has 0 spiro atoms. The van der Waals surface area contributed by atoms with Crippen LogP contribution in [0.15, 0.2) is 18.3 Å². The lowest BCUT2D eigenvalue weighted by Gasteiger charge is -2.41. The average Bonchev–Trinajstić information content (AvgIpc) is 3.03. The number of H-pyrrole nitrogens is 1. The third-order valence-electron chi connectivity index (χ3n) is 4.21. The SMILES string of the molecule is O=C(O)c1cnc(C2(NC(=O)C3CC=CC3)CCC2)[nH]1. The monoisotopic (exact) mass is 275 g/mol. The molecule has 1 aromatic heterocycles. The highest BCUT2D eigenvalue weighted by Gasteiger charge is 2.43. The van der Waals surface area contributed by atoms with Gasteiger partial charge in [-0.15, -0.1) is 0 Å². The fraction of sp³-hybridized carbons (Fsp3) is 0.500. The van der Waals surface area contributed by atoms with Gasteiger partial charge in [0, 0.05) is 5.92 Å². The topological polar surface area (TPSA) is 95.1 Å². The molecule has 0 aromatic carbocycles. The first-order chi connectivity index (χ1) is 9.61. The van der Waals surface area contributed by atoms with Crippen molar-refractivity contribution in [2.24, 2.45) is 5.92 Å². The molecule has 6 nitrogen and oxygen atoms in total. The lowest BCUT2D eigenvalue weighted by atomic mass is 9.75. The Morgan fingerprint density at radius 1 is 1.35 bits per heavy atom. The summed E-state index contributed by atoms with van der Waals surface area (Å²) in [6, 6.07) is 0. The van der Waals surface area contributed by atoms with Crippen molar-refractivity contribution in [1.82, 2.24) is 15.3 Å². The van der Waals surface area contributed by atoms with E-state index in [4.69, 9.17) is 5.11 Å². The van der Waals surface area contributed by atoms with Crippen LogP contribution in [-0.4, -0.2) is 27.0 Å². The molecule has 3 rings (SSSR count). The molecule has 20 heavy (non-hydrogen) atoms. The van der Waals surface area contributed by atoms with Crippen molar-refractivity contribution in [3.8, 4) is 0 Å². The van der Waals surface area contributed by atoms with Crippen LogP contribution in [0.25, 0.3) is 0 Å². The predicted octanol–water partition coefficient (Wildman–Crippen LogP) is 1.57. The van der Waals surface area contributed by atoms with Gasteiger partial charge in [0.25, 0.3) is 0 Å². The molecule has 1 saturated carbocycles. The summed E-state index contributed by atoms with van der Waals surface area (Å²) < 4.78 is 0. The Labute approximate surface area is 116 Å². The number of aromatic carboxylic acids is 1. The van der Waals surface area contributed by atoms with Crippen LogP contribution < -0.4 is 5.32 Å². The summed E-state index contributed by atoms with van der Waals surface area (Å²) in [7, 11) is 0. The zero-order valence-corrected chi connectivity index (χ0v) is 11.1. The van der Waals surface area contributed by atoms with Gasteiger partial charge < -0.3 is 15.4 Å². The van der Waals surface area contributed by atoms with E-state index in [1.807, 2.05) is 12.2 Å². The quantitative estimate of drug-likeness (QED) is 0.727. The molecule has 3 N–H and O–H groups in total. The number of rotatable bonds is 4. The molecule has 2 aliphatic rings. The minimum absolute atomic E-state index is 0.00128. The van der Waals surface area contributed by atoms with Crippen molar-refractivity contribution in [2.45, 2.75) is 37.6 Å². The third kappa shape index (κ3) is 2.11. The van der Waals surface area contributed by atoms with Crippen LogP contribution in [0, 0.1) is 5.92 Å². The van der Waals surface area contributed by atoms with Crippen LogP contribution in [0.2, 0.25) is 0 Å². The molecule has 0 aliphatic heterocycles. The number of amides is 1. The van der Waals surface area contributed by atoms with E-state index >= 15 is 0 Å². The van der Waals surface area contributed by atoms with Gasteiger partial charge in [0.2, 0.25) is 5.91 Å². The number of allylic oxidation sites excluding steroid dienone is 2. The zero-order chi connectivity index (χ0) is 14.2. The van der Waals surface area contributed by atoms with Crippen molar-refractivity contribution in [1.29, 1.82) is 0 Å². The highest BCUT2D eigenvalue weighted by molar-refractivity contribution is 5.85. The van der Waals surface area contributed by atoms with Gasteiger partial charge in [0.05, 0.1) is 11.7 Å². The molecule has 0 saturated heterocycles. The maximum absolute atomic E-state index is 12.3. The standard InChI is InChI=1S/C14H17N3O3/c18-11(9-4-1-2-5-9)17-14(6-3-7-14)13-15-8-10(16-13)12(19)20/h1-2,8-9H,3-7H2,(H,15,16)(H,17,18)(H,19,20). The van der Waals surface area contributed by atoms with Crippen molar-refractivity contribution >= 4 is 11.9 Å². The molecule has 2 aliphatic carbocycles. The van der Waals surface area contributed by atoms with Gasteiger partial charge in [-0.25, -0.2) is 9.78 Å². The Kier molecular flexibility index (Phi) is 3.08. The number of carbonyl (C=O) groups excluding carboxylic acids is 1. The van der Waals surface area contributed by atoms with Crippen LogP contribution in [0.5, 0.6) is 0 Å². The molecule has 0 unspecified atom stereocenters. The molecular formula is C14H17N3O3. The number of hydrogen-bond donors (Lipinski definition) is 3. The molecule has 0 atom stereocenters. The number of carboxylic acids is 1. The van der Waals surface area contributed by atoms with E-state index in [1.54, 1.807) is 0 Å². The van der Waals surface area contributed by atoms with E-state index in [1.165, 1.54) is 6.20 Å². The lowest BCUT2D eigenvalue weighted by Crippen LogP contribution is -2.53. The van der Waals surface area contributed by atoms with Gasteiger partial charge in [0.15, 0.2) is 0 Å². The van der Waals surface area contributed by atoms with Crippen molar-refractivity contribution in [2.75, 3.05) is 0 Å². The fourth-order valence-corrected chi connectivity index (χ4v) is 2.79. The molecule has 0 bridgehead atoms. The zero-order valence-electron chi connectivity index (χ0n) is 11.1. The van der Waals surface area contributed by atoms with E-state index in [-0.39, 0.29) is 17.5 Å². The van der Waals surface area contributed by atoms with Crippen LogP contribution >= 0.6 is 0 Å². The number of nitrogens with zero attached hydrogens (tertiary/aromatic N) is 1. The summed E-state index contributed by atoms with van der Waals surface area (Å²) in [6.07, 6.45) is 9.51. The molecule has 1 amide bonds. The Morgan fingerprint density at radius 3 is 2.55 bits per heavy atom. The van der Waals surface area contributed by atoms with E-state index in [0.717, 1.165) is 32.1 Å². The van der Waals surface area contributed by atoms with Gasteiger partial charge in [-0.1, -0.05) is 12.2 Å². The number of nitrogens with one attached hydrogen (secondary N) is 2. The second kappa shape index (κ2) is 4.77. The number of aromatic amines is 1. The van der Waals surface area contributed by atoms with Gasteiger partial charge in [-0.05, 0) is 32.1 Å². The number of hydrogen-bond acceptors (Lipinski definition) is 3. The van der Waals surface area contributed by atoms with Gasteiger partial charge in [-0.2, -0.15) is 0 Å². The van der Waals surface area contributed by atoms with Crippen LogP contribution in [0.1, 0.15) is 48.4 Å². The Hall–Kier alpha value is -2.11. The summed E-state index contributed by atoms with van der Waals surface area (Å²) in [4.78, 5) is 30.1. The highest BCUT2D eigenvalue weighted by atomic mass is 16.4. The Bertz CT molecular complexity index is 564. The maximum atomic E-state index is 12.3. The summed E-state index contributed by atoms with van der Waals surface area (Å²) in [5.41, 5.74) is -0.448. The normalized spacial score (nSPS) is 20.6. The van der Waals surface area contributed by atoms with Gasteiger partial charge in [-0.3, -0.25) is 4.79 Å². The first-order valence-corrected chi connectivity index (χ1v) is 6.86. The summed E-state index contributed by atoms with van der Waals surface area (Å²) >= 11 is 0. The highest BCUT2D eigenvalue weighted by Crippen LogP contribution is 2.40. The minimum Gasteiger partial charge on any atom is -0.477 e. The minimum atomic E-state index is -1.04. The van der Waals surface area contributed by atoms with Crippen molar-refractivity contribution in [3.63, 3.8) is 0 Å². The molecule has 6 heteroatoms. The fourth-order valence-electron chi connectivity index (χ4n) is 2.79. The summed E-state index contributed by atoms with van der Waals surface area (Å²) in [5, 5.41) is 12.0. The Morgan fingerprint density at radius 2 is 2.05 bits per heavy atom. The smallest absolute Gasteiger partial charge is 0.353 e. The molecule has 1 fully saturated rings. The number of carboxylic acid groups (broad SMARTS) is 1. The molecule has 0 radical (unpaired) electrons. The van der Waals surface area contributed by atoms with Gasteiger partial charge in [0.1, 0.15) is 11.5 Å². The summed E-state index contributed by atoms with van der Waals surface area (Å²) in [6.45, 7) is 0. The average molecular weight is 275 g/mol. The van der Waals surface area contributed by atoms with E-state index in [9.17, 15) is 9.59 Å². The first kappa shape index (κ1) is 12.9. The molecule has 1 aromatic rings. The van der Waals surface area contributed by atoms with Gasteiger partial charge >= 0.3 is 5.97 Å². The van der Waals surface area contributed by atoms with E-state index in [0.29, 0.717) is 5.82 Å². The molecular weight excluding hydrogens is 258 g/mol. The molecule has 106 valence electrons.